The number of H-pyrrole nitrogens is 1. The molecule has 1 aromatic carbocycles. The van der Waals surface area contributed by atoms with Gasteiger partial charge < -0.3 is 10.1 Å². The molecule has 0 spiro atoms. The highest BCUT2D eigenvalue weighted by Gasteiger charge is 2.08. The molecule has 6 heteroatoms. The van der Waals surface area contributed by atoms with E-state index in [9.17, 15) is 9.90 Å². The Morgan fingerprint density at radius 3 is 2.52 bits per heavy atom. The quantitative estimate of drug-likeness (QED) is 0.759. The molecule has 0 fully saturated rings. The summed E-state index contributed by atoms with van der Waals surface area (Å²) in [6.45, 7) is 0. The summed E-state index contributed by atoms with van der Waals surface area (Å²) in [5.41, 5.74) is 1.47. The Balaban J connectivity index is 1.88. The van der Waals surface area contributed by atoms with Crippen molar-refractivity contribution in [1.29, 1.82) is 0 Å². The smallest absolute Gasteiger partial charge is 0.273 e. The number of nitrogens with one attached hydrogen (secondary N) is 1. The summed E-state index contributed by atoms with van der Waals surface area (Å²) < 4.78 is 0. The first-order valence-corrected chi connectivity index (χ1v) is 6.37. The van der Waals surface area contributed by atoms with E-state index in [0.717, 1.165) is 5.56 Å². The molecule has 21 heavy (non-hydrogen) atoms. The van der Waals surface area contributed by atoms with E-state index in [2.05, 4.69) is 20.2 Å². The molecule has 0 unspecified atom stereocenters. The molecule has 2 N–H and O–H groups in total. The number of hydrogen-bond acceptors (Lipinski definition) is 5. The Hall–Kier alpha value is -3.02. The first-order chi connectivity index (χ1) is 10.2. The summed E-state index contributed by atoms with van der Waals surface area (Å²) in [6, 6.07) is 12.0. The molecule has 2 aromatic heterocycles. The van der Waals surface area contributed by atoms with Gasteiger partial charge in [0, 0.05) is 12.6 Å². The average Bonchev–Trinajstić information content (AvgIpc) is 2.52. The zero-order valence-corrected chi connectivity index (χ0v) is 11.0. The van der Waals surface area contributed by atoms with Crippen molar-refractivity contribution in [2.24, 2.45) is 0 Å². The molecule has 0 aliphatic heterocycles. The normalized spacial score (nSPS) is 10.5. The van der Waals surface area contributed by atoms with Gasteiger partial charge in [0.2, 0.25) is 0 Å². The maximum Gasteiger partial charge on any atom is 0.273 e. The van der Waals surface area contributed by atoms with Crippen LogP contribution in [0.1, 0.15) is 11.3 Å². The van der Waals surface area contributed by atoms with Crippen molar-refractivity contribution in [2.45, 2.75) is 6.42 Å². The summed E-state index contributed by atoms with van der Waals surface area (Å²) in [6.07, 6.45) is 1.98. The lowest BCUT2D eigenvalue weighted by Gasteiger charge is -2.02. The van der Waals surface area contributed by atoms with Gasteiger partial charge in [-0.2, -0.15) is 0 Å². The van der Waals surface area contributed by atoms with E-state index in [4.69, 9.17) is 0 Å². The van der Waals surface area contributed by atoms with Gasteiger partial charge in [0.15, 0.2) is 5.82 Å². The highest BCUT2D eigenvalue weighted by atomic mass is 16.3. The molecule has 0 radical (unpaired) electrons. The number of aromatic nitrogens is 4. The van der Waals surface area contributed by atoms with Crippen LogP contribution >= 0.6 is 0 Å². The van der Waals surface area contributed by atoms with Crippen LogP contribution in [0.2, 0.25) is 0 Å². The molecule has 0 atom stereocenters. The van der Waals surface area contributed by atoms with Crippen LogP contribution in [0.15, 0.2) is 53.5 Å². The van der Waals surface area contributed by atoms with Gasteiger partial charge in [-0.3, -0.25) is 9.78 Å². The van der Waals surface area contributed by atoms with E-state index in [1.165, 1.54) is 0 Å². The second kappa shape index (κ2) is 5.54. The molecular formula is C15H12N4O2. The molecule has 2 heterocycles. The standard InChI is InChI=1S/C15H12N4O2/c20-11-6-4-10(5-7-11)9-13-15(21)17-14(19-18-13)12-3-1-2-8-16-12/h1-8,20H,9H2,(H,17,19,21). The van der Waals surface area contributed by atoms with Crippen LogP contribution in [0, 0.1) is 0 Å². The van der Waals surface area contributed by atoms with Gasteiger partial charge in [0.05, 0.1) is 0 Å². The predicted molar refractivity (Wildman–Crippen MR) is 76.8 cm³/mol. The molecule has 0 aliphatic rings. The molecule has 0 saturated carbocycles. The van der Waals surface area contributed by atoms with Crippen LogP contribution in [0.4, 0.5) is 0 Å². The lowest BCUT2D eigenvalue weighted by Crippen LogP contribution is -2.18. The minimum atomic E-state index is -0.293. The van der Waals surface area contributed by atoms with Crippen LogP contribution in [0.5, 0.6) is 5.75 Å². The van der Waals surface area contributed by atoms with Crippen molar-refractivity contribution in [2.75, 3.05) is 0 Å². The summed E-state index contributed by atoms with van der Waals surface area (Å²) in [5, 5.41) is 17.2. The van der Waals surface area contributed by atoms with Crippen LogP contribution in [-0.2, 0) is 6.42 Å². The molecule has 0 aliphatic carbocycles. The number of phenolic OH excluding ortho intramolecular Hbond substituents is 1. The molecule has 0 saturated heterocycles. The number of hydrogen-bond donors (Lipinski definition) is 2. The number of aromatic hydroxyl groups is 1. The number of pyridine rings is 1. The first kappa shape index (κ1) is 13.0. The van der Waals surface area contributed by atoms with E-state index in [1.807, 2.05) is 6.07 Å². The van der Waals surface area contributed by atoms with Crippen molar-refractivity contribution in [1.82, 2.24) is 20.2 Å². The monoisotopic (exact) mass is 280 g/mol. The Labute approximate surface area is 120 Å². The van der Waals surface area contributed by atoms with Crippen molar-refractivity contribution >= 4 is 0 Å². The van der Waals surface area contributed by atoms with Crippen molar-refractivity contribution in [3.63, 3.8) is 0 Å². The van der Waals surface area contributed by atoms with Gasteiger partial charge in [-0.1, -0.05) is 18.2 Å². The Kier molecular flexibility index (Phi) is 3.42. The predicted octanol–water partition coefficient (Wildman–Crippen LogP) is 1.52. The van der Waals surface area contributed by atoms with Crippen LogP contribution in [0.3, 0.4) is 0 Å². The Morgan fingerprint density at radius 1 is 1.05 bits per heavy atom. The number of rotatable bonds is 3. The van der Waals surface area contributed by atoms with Crippen molar-refractivity contribution in [3.05, 3.63) is 70.3 Å². The van der Waals surface area contributed by atoms with Gasteiger partial charge in [0.1, 0.15) is 17.1 Å². The number of nitrogens with zero attached hydrogens (tertiary/aromatic N) is 3. The molecule has 3 rings (SSSR count). The van der Waals surface area contributed by atoms with Crippen LogP contribution in [-0.4, -0.2) is 25.3 Å². The number of aromatic amines is 1. The van der Waals surface area contributed by atoms with Crippen LogP contribution in [0.25, 0.3) is 11.5 Å². The van der Waals surface area contributed by atoms with E-state index in [0.29, 0.717) is 23.6 Å². The summed E-state index contributed by atoms with van der Waals surface area (Å²) in [5.74, 6) is 0.527. The third-order valence-electron chi connectivity index (χ3n) is 2.98. The molecule has 104 valence electrons. The van der Waals surface area contributed by atoms with E-state index < -0.39 is 0 Å². The topological polar surface area (TPSA) is 91.8 Å². The summed E-state index contributed by atoms with van der Waals surface area (Å²) >= 11 is 0. The second-order valence-corrected chi connectivity index (χ2v) is 4.51. The number of benzene rings is 1. The van der Waals surface area contributed by atoms with E-state index >= 15 is 0 Å². The van der Waals surface area contributed by atoms with Gasteiger partial charge in [-0.05, 0) is 29.8 Å². The van der Waals surface area contributed by atoms with E-state index in [-0.39, 0.29) is 11.3 Å². The maximum absolute atomic E-state index is 12.0. The summed E-state index contributed by atoms with van der Waals surface area (Å²) in [7, 11) is 0. The molecule has 6 nitrogen and oxygen atoms in total. The van der Waals surface area contributed by atoms with E-state index in [1.54, 1.807) is 42.6 Å². The molecular weight excluding hydrogens is 268 g/mol. The zero-order valence-electron chi connectivity index (χ0n) is 11.0. The minimum absolute atomic E-state index is 0.184. The van der Waals surface area contributed by atoms with Gasteiger partial charge in [-0.15, -0.1) is 10.2 Å². The molecule has 0 bridgehead atoms. The Morgan fingerprint density at radius 2 is 1.86 bits per heavy atom. The highest BCUT2D eigenvalue weighted by Crippen LogP contribution is 2.12. The maximum atomic E-state index is 12.0. The van der Waals surface area contributed by atoms with Crippen molar-refractivity contribution < 1.29 is 5.11 Å². The largest absolute Gasteiger partial charge is 0.508 e. The third kappa shape index (κ3) is 2.94. The van der Waals surface area contributed by atoms with Gasteiger partial charge in [-0.25, -0.2) is 0 Å². The first-order valence-electron chi connectivity index (χ1n) is 6.37. The SMILES string of the molecule is O=c1[nH]c(-c2ccccn2)nnc1Cc1ccc(O)cc1. The molecule has 3 aromatic rings. The highest BCUT2D eigenvalue weighted by molar-refractivity contribution is 5.47. The minimum Gasteiger partial charge on any atom is -0.508 e. The Bertz CT molecular complexity index is 798. The summed E-state index contributed by atoms with van der Waals surface area (Å²) in [4.78, 5) is 18.8. The fraction of sp³-hybridized carbons (Fsp3) is 0.0667. The lowest BCUT2D eigenvalue weighted by atomic mass is 10.1. The van der Waals surface area contributed by atoms with Crippen LogP contribution < -0.4 is 5.56 Å². The number of phenols is 1. The fourth-order valence-electron chi connectivity index (χ4n) is 1.90. The molecule has 0 amide bonds. The fourth-order valence-corrected chi connectivity index (χ4v) is 1.90. The van der Waals surface area contributed by atoms with Gasteiger partial charge >= 0.3 is 0 Å². The third-order valence-corrected chi connectivity index (χ3v) is 2.98. The second-order valence-electron chi connectivity index (χ2n) is 4.51. The van der Waals surface area contributed by atoms with Crippen molar-refractivity contribution in [3.8, 4) is 17.3 Å². The lowest BCUT2D eigenvalue weighted by molar-refractivity contribution is 0.475. The average molecular weight is 280 g/mol. The van der Waals surface area contributed by atoms with Gasteiger partial charge in [0.25, 0.3) is 5.56 Å². The zero-order chi connectivity index (χ0) is 14.7.